The van der Waals surface area contributed by atoms with Crippen molar-refractivity contribution in [3.05, 3.63) is 48.0 Å². The molecule has 1 saturated heterocycles. The average Bonchev–Trinajstić information content (AvgIpc) is 3.39. The first-order valence-electron chi connectivity index (χ1n) is 11.3. The highest BCUT2D eigenvalue weighted by molar-refractivity contribution is 7.90. The number of amides is 1. The van der Waals surface area contributed by atoms with Crippen molar-refractivity contribution >= 4 is 27.0 Å². The Kier molecular flexibility index (Phi) is 6.37. The van der Waals surface area contributed by atoms with Gasteiger partial charge in [0.1, 0.15) is 5.82 Å². The summed E-state index contributed by atoms with van der Waals surface area (Å²) in [5.41, 5.74) is 2.07. The molecular formula is C24H32N4O4S. The second-order valence-corrected chi connectivity index (χ2v) is 11.6. The number of likely N-dealkylation sites (N-methyl/N-ethyl adjacent to an activating group) is 1. The van der Waals surface area contributed by atoms with E-state index in [4.69, 9.17) is 9.72 Å². The lowest BCUT2D eigenvalue weighted by Crippen LogP contribution is -2.25. The number of nitrogens with one attached hydrogen (secondary N) is 1. The first-order valence-corrected chi connectivity index (χ1v) is 12.7. The SMILES string of the molecule is CNC(=O)Cc1ccn(S(=O)(=O)c2ccc3c(c2)nc(C(C)(C)C)n3CC2CCOCC2)c1. The number of imidazole rings is 1. The summed E-state index contributed by atoms with van der Waals surface area (Å²) in [4.78, 5) is 16.7. The van der Waals surface area contributed by atoms with Crippen LogP contribution in [0.5, 0.6) is 0 Å². The summed E-state index contributed by atoms with van der Waals surface area (Å²) in [7, 11) is -2.25. The van der Waals surface area contributed by atoms with Gasteiger partial charge in [-0.05, 0) is 48.6 Å². The molecule has 1 N–H and O–H groups in total. The van der Waals surface area contributed by atoms with Crippen molar-refractivity contribution in [2.24, 2.45) is 5.92 Å². The van der Waals surface area contributed by atoms with Crippen molar-refractivity contribution in [3.8, 4) is 0 Å². The van der Waals surface area contributed by atoms with Crippen LogP contribution in [-0.4, -0.2) is 48.1 Å². The van der Waals surface area contributed by atoms with Crippen molar-refractivity contribution in [2.45, 2.75) is 56.9 Å². The number of carbonyl (C=O) groups is 1. The molecule has 2 aromatic heterocycles. The Morgan fingerprint density at radius 1 is 1.21 bits per heavy atom. The van der Waals surface area contributed by atoms with E-state index in [0.29, 0.717) is 17.0 Å². The van der Waals surface area contributed by atoms with Gasteiger partial charge in [0.15, 0.2) is 0 Å². The molecule has 0 saturated carbocycles. The predicted octanol–water partition coefficient (Wildman–Crippen LogP) is 3.09. The van der Waals surface area contributed by atoms with Crippen LogP contribution in [0.3, 0.4) is 0 Å². The lowest BCUT2D eigenvalue weighted by Gasteiger charge is -2.26. The van der Waals surface area contributed by atoms with Crippen molar-refractivity contribution in [3.63, 3.8) is 0 Å². The topological polar surface area (TPSA) is 95.2 Å². The van der Waals surface area contributed by atoms with E-state index in [-0.39, 0.29) is 22.6 Å². The fourth-order valence-corrected chi connectivity index (χ4v) is 5.52. The van der Waals surface area contributed by atoms with Gasteiger partial charge in [-0.2, -0.15) is 0 Å². The molecule has 1 aliphatic heterocycles. The second-order valence-electron chi connectivity index (χ2n) is 9.71. The number of carbonyl (C=O) groups excluding carboxylic acids is 1. The third kappa shape index (κ3) is 4.84. The fraction of sp³-hybridized carbons (Fsp3) is 0.500. The maximum absolute atomic E-state index is 13.3. The van der Waals surface area contributed by atoms with Crippen LogP contribution in [0.2, 0.25) is 0 Å². The molecule has 9 heteroatoms. The normalized spacial score (nSPS) is 15.8. The molecule has 1 aliphatic rings. The number of hydrogen-bond donors (Lipinski definition) is 1. The lowest BCUT2D eigenvalue weighted by atomic mass is 9.94. The lowest BCUT2D eigenvalue weighted by molar-refractivity contribution is -0.119. The van der Waals surface area contributed by atoms with E-state index in [1.54, 1.807) is 25.2 Å². The maximum Gasteiger partial charge on any atom is 0.267 e. The largest absolute Gasteiger partial charge is 0.381 e. The van der Waals surface area contributed by atoms with Gasteiger partial charge in [0, 0.05) is 44.6 Å². The van der Waals surface area contributed by atoms with Crippen LogP contribution in [0.25, 0.3) is 11.0 Å². The van der Waals surface area contributed by atoms with Gasteiger partial charge in [0.05, 0.1) is 22.3 Å². The molecule has 0 spiro atoms. The van der Waals surface area contributed by atoms with Crippen LogP contribution >= 0.6 is 0 Å². The molecule has 3 heterocycles. The number of benzene rings is 1. The first kappa shape index (κ1) is 23.5. The van der Waals surface area contributed by atoms with Gasteiger partial charge in [-0.1, -0.05) is 20.8 Å². The van der Waals surface area contributed by atoms with Gasteiger partial charge < -0.3 is 14.6 Å². The number of rotatable bonds is 6. The van der Waals surface area contributed by atoms with E-state index in [1.807, 2.05) is 6.07 Å². The molecule has 1 fully saturated rings. The zero-order valence-corrected chi connectivity index (χ0v) is 20.5. The van der Waals surface area contributed by atoms with Crippen LogP contribution in [0.4, 0.5) is 0 Å². The molecule has 1 amide bonds. The Hall–Kier alpha value is -2.65. The fourth-order valence-electron chi connectivity index (χ4n) is 4.28. The Balaban J connectivity index is 1.71. The molecular weight excluding hydrogens is 440 g/mol. The van der Waals surface area contributed by atoms with Crippen LogP contribution < -0.4 is 5.32 Å². The van der Waals surface area contributed by atoms with Gasteiger partial charge in [-0.15, -0.1) is 0 Å². The molecule has 0 aliphatic carbocycles. The van der Waals surface area contributed by atoms with Crippen molar-refractivity contribution < 1.29 is 17.9 Å². The zero-order valence-electron chi connectivity index (χ0n) is 19.7. The summed E-state index contributed by atoms with van der Waals surface area (Å²) < 4.78 is 35.5. The Morgan fingerprint density at radius 3 is 2.61 bits per heavy atom. The van der Waals surface area contributed by atoms with Crippen LogP contribution in [0.1, 0.15) is 45.0 Å². The average molecular weight is 473 g/mol. The third-order valence-corrected chi connectivity index (χ3v) is 7.75. The summed E-state index contributed by atoms with van der Waals surface area (Å²) in [6.45, 7) is 8.78. The van der Waals surface area contributed by atoms with E-state index in [0.717, 1.165) is 47.9 Å². The van der Waals surface area contributed by atoms with E-state index in [2.05, 4.69) is 30.7 Å². The van der Waals surface area contributed by atoms with Gasteiger partial charge >= 0.3 is 0 Å². The van der Waals surface area contributed by atoms with Crippen LogP contribution in [0, 0.1) is 5.92 Å². The Morgan fingerprint density at radius 2 is 1.94 bits per heavy atom. The van der Waals surface area contributed by atoms with E-state index in [9.17, 15) is 13.2 Å². The number of fused-ring (bicyclic) bond motifs is 1. The molecule has 0 unspecified atom stereocenters. The molecule has 3 aromatic rings. The van der Waals surface area contributed by atoms with Gasteiger partial charge in [-0.3, -0.25) is 4.79 Å². The second kappa shape index (κ2) is 8.95. The molecule has 8 nitrogen and oxygen atoms in total. The monoisotopic (exact) mass is 472 g/mol. The molecule has 33 heavy (non-hydrogen) atoms. The highest BCUT2D eigenvalue weighted by Gasteiger charge is 2.27. The minimum absolute atomic E-state index is 0.129. The summed E-state index contributed by atoms with van der Waals surface area (Å²) in [6, 6.07) is 6.80. The van der Waals surface area contributed by atoms with E-state index < -0.39 is 10.0 Å². The van der Waals surface area contributed by atoms with E-state index in [1.165, 1.54) is 12.4 Å². The molecule has 0 atom stereocenters. The Labute approximate surface area is 195 Å². The smallest absolute Gasteiger partial charge is 0.267 e. The Bertz CT molecular complexity index is 1260. The summed E-state index contributed by atoms with van der Waals surface area (Å²) in [5, 5.41) is 2.55. The maximum atomic E-state index is 13.3. The molecule has 178 valence electrons. The predicted molar refractivity (Wildman–Crippen MR) is 127 cm³/mol. The number of ether oxygens (including phenoxy) is 1. The molecule has 4 rings (SSSR count). The van der Waals surface area contributed by atoms with Crippen LogP contribution in [0.15, 0.2) is 41.6 Å². The van der Waals surface area contributed by atoms with Crippen molar-refractivity contribution in [1.29, 1.82) is 0 Å². The number of aromatic nitrogens is 3. The molecule has 0 radical (unpaired) electrons. The third-order valence-electron chi connectivity index (χ3n) is 6.12. The van der Waals surface area contributed by atoms with E-state index >= 15 is 0 Å². The zero-order chi connectivity index (χ0) is 23.8. The highest BCUT2D eigenvalue weighted by Crippen LogP contribution is 2.30. The molecule has 1 aromatic carbocycles. The first-order chi connectivity index (χ1) is 15.6. The number of hydrogen-bond acceptors (Lipinski definition) is 5. The summed E-state index contributed by atoms with van der Waals surface area (Å²) in [5.74, 6) is 1.29. The van der Waals surface area contributed by atoms with Gasteiger partial charge in [0.2, 0.25) is 5.91 Å². The minimum Gasteiger partial charge on any atom is -0.381 e. The minimum atomic E-state index is -3.80. The number of nitrogens with zero attached hydrogens (tertiary/aromatic N) is 3. The van der Waals surface area contributed by atoms with Gasteiger partial charge in [0.25, 0.3) is 10.0 Å². The highest BCUT2D eigenvalue weighted by atomic mass is 32.2. The summed E-state index contributed by atoms with van der Waals surface area (Å²) >= 11 is 0. The summed E-state index contributed by atoms with van der Waals surface area (Å²) in [6.07, 6.45) is 5.12. The van der Waals surface area contributed by atoms with Crippen LogP contribution in [-0.2, 0) is 37.9 Å². The van der Waals surface area contributed by atoms with Crippen molar-refractivity contribution in [2.75, 3.05) is 20.3 Å². The standard InChI is InChI=1S/C24H32N4O4S/c1-24(2,3)23-26-20-14-19(5-6-21(20)28(23)16-17-8-11-32-12-9-17)33(30,31)27-10-7-18(15-27)13-22(29)25-4/h5-7,10,14-15,17H,8-9,11-13,16H2,1-4H3,(H,25,29). The molecule has 0 bridgehead atoms. The quantitative estimate of drug-likeness (QED) is 0.595. The van der Waals surface area contributed by atoms with Gasteiger partial charge in [-0.25, -0.2) is 17.4 Å². The van der Waals surface area contributed by atoms with Crippen molar-refractivity contribution in [1.82, 2.24) is 18.8 Å².